The molecular weight excluding hydrogens is 124 g/mol. The van der Waals surface area contributed by atoms with Crippen molar-refractivity contribution in [3.05, 3.63) is 12.7 Å². The summed E-state index contributed by atoms with van der Waals surface area (Å²) in [7, 11) is 0. The van der Waals surface area contributed by atoms with E-state index in [9.17, 15) is 5.11 Å². The van der Waals surface area contributed by atoms with Crippen LogP contribution in [0.1, 0.15) is 26.2 Å². The minimum Gasteiger partial charge on any atom is -0.393 e. The molecule has 1 fully saturated rings. The zero-order chi connectivity index (χ0) is 7.56. The van der Waals surface area contributed by atoms with Gasteiger partial charge in [0.1, 0.15) is 0 Å². The van der Waals surface area contributed by atoms with Gasteiger partial charge in [-0.1, -0.05) is 13.0 Å². The first kappa shape index (κ1) is 7.80. The Labute approximate surface area is 62.8 Å². The molecule has 0 heterocycles. The molecule has 1 aliphatic carbocycles. The molecule has 0 saturated heterocycles. The lowest BCUT2D eigenvalue weighted by atomic mass is 9.81. The third kappa shape index (κ3) is 1.60. The van der Waals surface area contributed by atoms with E-state index < -0.39 is 0 Å². The molecule has 1 aliphatic rings. The van der Waals surface area contributed by atoms with Crippen LogP contribution in [0.25, 0.3) is 0 Å². The average Bonchev–Trinajstić information content (AvgIpc) is 1.95. The first-order valence-corrected chi connectivity index (χ1v) is 4.04. The van der Waals surface area contributed by atoms with Crippen molar-refractivity contribution in [2.24, 2.45) is 11.8 Å². The van der Waals surface area contributed by atoms with Gasteiger partial charge < -0.3 is 5.11 Å². The molecule has 1 nitrogen and oxygen atoms in total. The summed E-state index contributed by atoms with van der Waals surface area (Å²) in [6.45, 7) is 5.87. The van der Waals surface area contributed by atoms with Crippen LogP contribution in [0.3, 0.4) is 0 Å². The van der Waals surface area contributed by atoms with Gasteiger partial charge in [0.05, 0.1) is 6.10 Å². The van der Waals surface area contributed by atoms with E-state index >= 15 is 0 Å². The van der Waals surface area contributed by atoms with E-state index in [0.29, 0.717) is 11.8 Å². The Hall–Kier alpha value is -0.300. The normalized spacial score (nSPS) is 41.2. The molecule has 3 atom stereocenters. The van der Waals surface area contributed by atoms with Crippen molar-refractivity contribution >= 4 is 0 Å². The van der Waals surface area contributed by atoms with Crippen LogP contribution in [-0.4, -0.2) is 11.2 Å². The zero-order valence-electron chi connectivity index (χ0n) is 6.59. The molecule has 1 rings (SSSR count). The Morgan fingerprint density at radius 2 is 2.20 bits per heavy atom. The highest BCUT2D eigenvalue weighted by atomic mass is 16.3. The van der Waals surface area contributed by atoms with Gasteiger partial charge in [-0.25, -0.2) is 0 Å². The van der Waals surface area contributed by atoms with Crippen LogP contribution in [0.5, 0.6) is 0 Å². The summed E-state index contributed by atoms with van der Waals surface area (Å²) in [6, 6.07) is 0. The van der Waals surface area contributed by atoms with Crippen LogP contribution < -0.4 is 0 Å². The number of hydrogen-bond acceptors (Lipinski definition) is 1. The van der Waals surface area contributed by atoms with E-state index in [0.717, 1.165) is 19.3 Å². The Bertz CT molecular complexity index is 120. The fraction of sp³-hybridized carbons (Fsp3) is 0.778. The van der Waals surface area contributed by atoms with E-state index in [1.807, 2.05) is 6.08 Å². The predicted molar refractivity (Wildman–Crippen MR) is 42.7 cm³/mol. The van der Waals surface area contributed by atoms with Gasteiger partial charge in [-0.15, -0.1) is 6.58 Å². The summed E-state index contributed by atoms with van der Waals surface area (Å²) >= 11 is 0. The second-order valence-corrected chi connectivity index (χ2v) is 3.35. The lowest BCUT2D eigenvalue weighted by Crippen LogP contribution is -2.25. The van der Waals surface area contributed by atoms with Crippen LogP contribution in [0.15, 0.2) is 12.7 Å². The van der Waals surface area contributed by atoms with Crippen LogP contribution >= 0.6 is 0 Å². The molecule has 0 radical (unpaired) electrons. The predicted octanol–water partition coefficient (Wildman–Crippen LogP) is 1.97. The van der Waals surface area contributed by atoms with E-state index in [1.54, 1.807) is 0 Å². The minimum atomic E-state index is -0.0591. The molecule has 1 saturated carbocycles. The molecule has 3 unspecified atom stereocenters. The van der Waals surface area contributed by atoms with E-state index in [4.69, 9.17) is 0 Å². The fourth-order valence-corrected chi connectivity index (χ4v) is 1.64. The second kappa shape index (κ2) is 3.20. The van der Waals surface area contributed by atoms with Gasteiger partial charge >= 0.3 is 0 Å². The van der Waals surface area contributed by atoms with Gasteiger partial charge in [0, 0.05) is 0 Å². The molecule has 0 spiro atoms. The number of rotatable bonds is 1. The lowest BCUT2D eigenvalue weighted by molar-refractivity contribution is 0.0663. The van der Waals surface area contributed by atoms with Crippen molar-refractivity contribution in [1.82, 2.24) is 0 Å². The smallest absolute Gasteiger partial charge is 0.0566 e. The third-order valence-corrected chi connectivity index (χ3v) is 2.50. The zero-order valence-corrected chi connectivity index (χ0v) is 6.59. The standard InChI is InChI=1S/C9H16O/c1-3-8-4-5-9(10)7(2)6-8/h3,7-10H,1,4-6H2,2H3. The molecule has 1 heteroatoms. The van der Waals surface area contributed by atoms with Gasteiger partial charge in [0.25, 0.3) is 0 Å². The van der Waals surface area contributed by atoms with Crippen molar-refractivity contribution in [3.8, 4) is 0 Å². The highest BCUT2D eigenvalue weighted by Crippen LogP contribution is 2.29. The highest BCUT2D eigenvalue weighted by Gasteiger charge is 2.23. The van der Waals surface area contributed by atoms with Crippen molar-refractivity contribution in [2.75, 3.05) is 0 Å². The van der Waals surface area contributed by atoms with Crippen LogP contribution in [0.4, 0.5) is 0 Å². The summed E-state index contributed by atoms with van der Waals surface area (Å²) < 4.78 is 0. The maximum Gasteiger partial charge on any atom is 0.0566 e. The van der Waals surface area contributed by atoms with Gasteiger partial charge in [-0.3, -0.25) is 0 Å². The summed E-state index contributed by atoms with van der Waals surface area (Å²) in [6.07, 6.45) is 5.15. The van der Waals surface area contributed by atoms with Crippen LogP contribution in [-0.2, 0) is 0 Å². The SMILES string of the molecule is C=CC1CCC(O)C(C)C1. The minimum absolute atomic E-state index is 0.0591. The second-order valence-electron chi connectivity index (χ2n) is 3.35. The number of hydrogen-bond donors (Lipinski definition) is 1. The van der Waals surface area contributed by atoms with Gasteiger partial charge in [-0.05, 0) is 31.1 Å². The van der Waals surface area contributed by atoms with E-state index in [-0.39, 0.29) is 6.10 Å². The Morgan fingerprint density at radius 1 is 1.50 bits per heavy atom. The topological polar surface area (TPSA) is 20.2 Å². The Balaban J connectivity index is 2.40. The fourth-order valence-electron chi connectivity index (χ4n) is 1.64. The largest absolute Gasteiger partial charge is 0.393 e. The Kier molecular flexibility index (Phi) is 2.50. The summed E-state index contributed by atoms with van der Waals surface area (Å²) in [5.74, 6) is 1.12. The number of aliphatic hydroxyl groups excluding tert-OH is 1. The molecule has 0 aromatic carbocycles. The third-order valence-electron chi connectivity index (χ3n) is 2.50. The maximum atomic E-state index is 9.36. The molecular formula is C9H16O. The summed E-state index contributed by atoms with van der Waals surface area (Å²) in [5, 5.41) is 9.36. The average molecular weight is 140 g/mol. The first-order chi connectivity index (χ1) is 4.74. The highest BCUT2D eigenvalue weighted by molar-refractivity contribution is 4.86. The summed E-state index contributed by atoms with van der Waals surface area (Å²) in [5.41, 5.74) is 0. The molecule has 0 aromatic heterocycles. The Morgan fingerprint density at radius 3 is 2.70 bits per heavy atom. The number of allylic oxidation sites excluding steroid dienone is 1. The van der Waals surface area contributed by atoms with Crippen LogP contribution in [0.2, 0.25) is 0 Å². The van der Waals surface area contributed by atoms with Crippen LogP contribution in [0, 0.1) is 11.8 Å². The first-order valence-electron chi connectivity index (χ1n) is 4.04. The molecule has 0 amide bonds. The van der Waals surface area contributed by atoms with E-state index in [2.05, 4.69) is 13.5 Å². The molecule has 1 N–H and O–H groups in total. The van der Waals surface area contributed by atoms with Gasteiger partial charge in [0.15, 0.2) is 0 Å². The number of aliphatic hydroxyl groups is 1. The molecule has 58 valence electrons. The van der Waals surface area contributed by atoms with Gasteiger partial charge in [0.2, 0.25) is 0 Å². The molecule has 0 bridgehead atoms. The molecule has 0 aliphatic heterocycles. The van der Waals surface area contributed by atoms with E-state index in [1.165, 1.54) is 0 Å². The van der Waals surface area contributed by atoms with Crippen molar-refractivity contribution in [1.29, 1.82) is 0 Å². The lowest BCUT2D eigenvalue weighted by Gasteiger charge is -2.28. The quantitative estimate of drug-likeness (QED) is 0.552. The van der Waals surface area contributed by atoms with Gasteiger partial charge in [-0.2, -0.15) is 0 Å². The van der Waals surface area contributed by atoms with Crippen molar-refractivity contribution in [3.63, 3.8) is 0 Å². The monoisotopic (exact) mass is 140 g/mol. The van der Waals surface area contributed by atoms with Crippen molar-refractivity contribution < 1.29 is 5.11 Å². The molecule has 0 aromatic rings. The summed E-state index contributed by atoms with van der Waals surface area (Å²) in [4.78, 5) is 0. The van der Waals surface area contributed by atoms with Crippen molar-refractivity contribution in [2.45, 2.75) is 32.3 Å². The molecule has 10 heavy (non-hydrogen) atoms. The maximum absolute atomic E-state index is 9.36.